The van der Waals surface area contributed by atoms with Crippen molar-refractivity contribution < 1.29 is 9.26 Å². The summed E-state index contributed by atoms with van der Waals surface area (Å²) in [5, 5.41) is 8.64. The van der Waals surface area contributed by atoms with Crippen LogP contribution in [0.3, 0.4) is 0 Å². The molecule has 0 atom stereocenters. The van der Waals surface area contributed by atoms with Gasteiger partial charge in [0.05, 0.1) is 11.4 Å². The lowest BCUT2D eigenvalue weighted by Crippen LogP contribution is -2.17. The van der Waals surface area contributed by atoms with Gasteiger partial charge in [-0.1, -0.05) is 23.4 Å². The molecule has 4 rings (SSSR count). The average Bonchev–Trinajstić information content (AvgIpc) is 3.33. The van der Waals surface area contributed by atoms with Gasteiger partial charge >= 0.3 is 0 Å². The standard InChI is InChI=1S/C22H22N4O2/c1-25(16-19-12-13-27-24-19)14-18-15-26(2)23-22(18)17-8-10-21(11-9-17)28-20-6-4-3-5-7-20/h3-13,15H,14,16H2,1-2H3. The van der Waals surface area contributed by atoms with Crippen molar-refractivity contribution in [2.75, 3.05) is 7.05 Å². The maximum Gasteiger partial charge on any atom is 0.127 e. The number of rotatable bonds is 7. The molecule has 0 saturated carbocycles. The van der Waals surface area contributed by atoms with Crippen LogP contribution in [0.5, 0.6) is 11.5 Å². The number of aromatic nitrogens is 3. The van der Waals surface area contributed by atoms with Crippen molar-refractivity contribution in [2.24, 2.45) is 7.05 Å². The minimum Gasteiger partial charge on any atom is -0.457 e. The summed E-state index contributed by atoms with van der Waals surface area (Å²) in [6.45, 7) is 1.48. The molecule has 0 spiro atoms. The first kappa shape index (κ1) is 18.0. The van der Waals surface area contributed by atoms with E-state index in [0.717, 1.165) is 40.6 Å². The van der Waals surface area contributed by atoms with Crippen LogP contribution >= 0.6 is 0 Å². The van der Waals surface area contributed by atoms with Crippen molar-refractivity contribution in [3.05, 3.63) is 84.4 Å². The predicted molar refractivity (Wildman–Crippen MR) is 107 cm³/mol. The van der Waals surface area contributed by atoms with Crippen molar-refractivity contribution in [2.45, 2.75) is 13.1 Å². The summed E-state index contributed by atoms with van der Waals surface area (Å²) < 4.78 is 12.6. The lowest BCUT2D eigenvalue weighted by atomic mass is 10.1. The average molecular weight is 374 g/mol. The zero-order valence-corrected chi connectivity index (χ0v) is 15.9. The van der Waals surface area contributed by atoms with Gasteiger partial charge < -0.3 is 9.26 Å². The van der Waals surface area contributed by atoms with E-state index in [9.17, 15) is 0 Å². The SMILES string of the molecule is CN(Cc1ccon1)Cc1cn(C)nc1-c1ccc(Oc2ccccc2)cc1. The van der Waals surface area contributed by atoms with E-state index < -0.39 is 0 Å². The summed E-state index contributed by atoms with van der Waals surface area (Å²) in [4.78, 5) is 2.19. The summed E-state index contributed by atoms with van der Waals surface area (Å²) in [6, 6.07) is 19.7. The Balaban J connectivity index is 1.49. The maximum absolute atomic E-state index is 5.88. The topological polar surface area (TPSA) is 56.3 Å². The van der Waals surface area contributed by atoms with Crippen LogP contribution in [0.1, 0.15) is 11.3 Å². The number of aryl methyl sites for hydroxylation is 1. The van der Waals surface area contributed by atoms with Gasteiger partial charge in [-0.05, 0) is 43.4 Å². The third-order valence-corrected chi connectivity index (χ3v) is 4.37. The molecule has 0 fully saturated rings. The molecule has 0 radical (unpaired) electrons. The van der Waals surface area contributed by atoms with Gasteiger partial charge in [-0.2, -0.15) is 5.10 Å². The molecule has 4 aromatic rings. The minimum absolute atomic E-state index is 0.717. The molecule has 0 aliphatic heterocycles. The van der Waals surface area contributed by atoms with E-state index >= 15 is 0 Å². The van der Waals surface area contributed by atoms with Crippen LogP contribution in [-0.4, -0.2) is 26.9 Å². The van der Waals surface area contributed by atoms with E-state index in [2.05, 4.69) is 28.4 Å². The highest BCUT2D eigenvalue weighted by molar-refractivity contribution is 5.63. The fraction of sp³-hybridized carbons (Fsp3) is 0.182. The van der Waals surface area contributed by atoms with Crippen molar-refractivity contribution in [1.82, 2.24) is 19.8 Å². The smallest absolute Gasteiger partial charge is 0.127 e. The Kier molecular flexibility index (Phi) is 5.21. The second kappa shape index (κ2) is 8.10. The van der Waals surface area contributed by atoms with Crippen molar-refractivity contribution >= 4 is 0 Å². The molecule has 142 valence electrons. The molecule has 2 aromatic heterocycles. The van der Waals surface area contributed by atoms with E-state index in [1.807, 2.05) is 72.4 Å². The second-order valence-electron chi connectivity index (χ2n) is 6.78. The minimum atomic E-state index is 0.717. The first-order valence-electron chi connectivity index (χ1n) is 9.11. The Morgan fingerprint density at radius 2 is 1.71 bits per heavy atom. The van der Waals surface area contributed by atoms with Gasteiger partial charge in [0.25, 0.3) is 0 Å². The Morgan fingerprint density at radius 1 is 0.964 bits per heavy atom. The molecule has 0 bridgehead atoms. The molecule has 0 saturated heterocycles. The Morgan fingerprint density at radius 3 is 2.43 bits per heavy atom. The zero-order valence-electron chi connectivity index (χ0n) is 15.9. The summed E-state index contributed by atoms with van der Waals surface area (Å²) in [5.74, 6) is 1.62. The molecular formula is C22H22N4O2. The molecule has 0 N–H and O–H groups in total. The van der Waals surface area contributed by atoms with Crippen LogP contribution in [0.2, 0.25) is 0 Å². The zero-order chi connectivity index (χ0) is 19.3. The first-order valence-corrected chi connectivity index (χ1v) is 9.11. The van der Waals surface area contributed by atoms with Crippen molar-refractivity contribution in [1.29, 1.82) is 0 Å². The maximum atomic E-state index is 5.88. The fourth-order valence-corrected chi connectivity index (χ4v) is 3.14. The molecule has 0 unspecified atom stereocenters. The van der Waals surface area contributed by atoms with Gasteiger partial charge in [-0.3, -0.25) is 9.58 Å². The Bertz CT molecular complexity index is 1010. The monoisotopic (exact) mass is 374 g/mol. The molecular weight excluding hydrogens is 352 g/mol. The number of para-hydroxylation sites is 1. The van der Waals surface area contributed by atoms with Crippen LogP contribution in [0.25, 0.3) is 11.3 Å². The molecule has 2 aromatic carbocycles. The summed E-state index contributed by atoms with van der Waals surface area (Å²) in [5.41, 5.74) is 4.10. The van der Waals surface area contributed by atoms with E-state index in [-0.39, 0.29) is 0 Å². The first-order chi connectivity index (χ1) is 13.7. The van der Waals surface area contributed by atoms with E-state index in [1.54, 1.807) is 6.26 Å². The van der Waals surface area contributed by atoms with Crippen LogP contribution in [-0.2, 0) is 20.1 Å². The highest BCUT2D eigenvalue weighted by Gasteiger charge is 2.13. The summed E-state index contributed by atoms with van der Waals surface area (Å²) in [6.07, 6.45) is 3.65. The van der Waals surface area contributed by atoms with Gasteiger partial charge in [-0.25, -0.2) is 0 Å². The fourth-order valence-electron chi connectivity index (χ4n) is 3.14. The number of nitrogens with zero attached hydrogens (tertiary/aromatic N) is 4. The Labute approximate surface area is 164 Å². The summed E-state index contributed by atoms with van der Waals surface area (Å²) in [7, 11) is 4.00. The normalized spacial score (nSPS) is 11.1. The molecule has 2 heterocycles. The summed E-state index contributed by atoms with van der Waals surface area (Å²) >= 11 is 0. The van der Waals surface area contributed by atoms with Gasteiger partial charge in [0.1, 0.15) is 17.8 Å². The molecule has 6 nitrogen and oxygen atoms in total. The van der Waals surface area contributed by atoms with E-state index in [4.69, 9.17) is 9.26 Å². The van der Waals surface area contributed by atoms with Gasteiger partial charge in [-0.15, -0.1) is 0 Å². The quantitative estimate of drug-likeness (QED) is 0.477. The Hall–Kier alpha value is -3.38. The van der Waals surface area contributed by atoms with Crippen LogP contribution < -0.4 is 4.74 Å². The van der Waals surface area contributed by atoms with E-state index in [0.29, 0.717) is 6.54 Å². The van der Waals surface area contributed by atoms with Gasteiger partial charge in [0.15, 0.2) is 0 Å². The molecule has 0 amide bonds. The predicted octanol–water partition coefficient (Wildman–Crippen LogP) is 4.50. The van der Waals surface area contributed by atoms with E-state index in [1.165, 1.54) is 0 Å². The largest absolute Gasteiger partial charge is 0.457 e. The number of benzene rings is 2. The molecule has 0 aliphatic rings. The van der Waals surface area contributed by atoms with Crippen LogP contribution in [0.15, 0.2) is 77.6 Å². The second-order valence-corrected chi connectivity index (χ2v) is 6.78. The number of hydrogen-bond donors (Lipinski definition) is 0. The van der Waals surface area contributed by atoms with Gasteiger partial charge in [0, 0.05) is 43.5 Å². The lowest BCUT2D eigenvalue weighted by Gasteiger charge is -2.14. The molecule has 6 heteroatoms. The lowest BCUT2D eigenvalue weighted by molar-refractivity contribution is 0.304. The highest BCUT2D eigenvalue weighted by Crippen LogP contribution is 2.27. The third-order valence-electron chi connectivity index (χ3n) is 4.37. The molecule has 0 aliphatic carbocycles. The van der Waals surface area contributed by atoms with Crippen LogP contribution in [0, 0.1) is 0 Å². The number of hydrogen-bond acceptors (Lipinski definition) is 5. The number of ether oxygens (including phenoxy) is 1. The molecule has 28 heavy (non-hydrogen) atoms. The van der Waals surface area contributed by atoms with Crippen LogP contribution in [0.4, 0.5) is 0 Å². The van der Waals surface area contributed by atoms with Crippen molar-refractivity contribution in [3.8, 4) is 22.8 Å². The third kappa shape index (κ3) is 4.29. The van der Waals surface area contributed by atoms with Gasteiger partial charge in [0.2, 0.25) is 0 Å². The highest BCUT2D eigenvalue weighted by atomic mass is 16.5. The van der Waals surface area contributed by atoms with Crippen molar-refractivity contribution in [3.63, 3.8) is 0 Å².